The highest BCUT2D eigenvalue weighted by molar-refractivity contribution is 5.49. The summed E-state index contributed by atoms with van der Waals surface area (Å²) in [5.74, 6) is 0. The number of nitrogens with zero attached hydrogens (tertiary/aromatic N) is 1. The van der Waals surface area contributed by atoms with Gasteiger partial charge in [-0.05, 0) is 38.1 Å². The Morgan fingerprint density at radius 1 is 1.38 bits per heavy atom. The van der Waals surface area contributed by atoms with Gasteiger partial charge in [-0.25, -0.2) is 0 Å². The van der Waals surface area contributed by atoms with Crippen LogP contribution in [-0.2, 0) is 0 Å². The molecule has 0 radical (unpaired) electrons. The fourth-order valence-corrected chi connectivity index (χ4v) is 1.96. The van der Waals surface area contributed by atoms with Crippen LogP contribution in [0, 0.1) is 16.7 Å². The van der Waals surface area contributed by atoms with Crippen molar-refractivity contribution >= 4 is 5.69 Å². The van der Waals surface area contributed by atoms with E-state index in [2.05, 4.69) is 16.7 Å². The van der Waals surface area contributed by atoms with Crippen molar-refractivity contribution in [2.75, 3.05) is 25.5 Å². The molecule has 0 aliphatic heterocycles. The molecule has 1 aromatic carbocycles. The van der Waals surface area contributed by atoms with Crippen molar-refractivity contribution in [2.45, 2.75) is 12.8 Å². The zero-order valence-electron chi connectivity index (χ0n) is 9.59. The van der Waals surface area contributed by atoms with E-state index < -0.39 is 0 Å². The van der Waals surface area contributed by atoms with Crippen LogP contribution >= 0.6 is 0 Å². The lowest BCUT2D eigenvalue weighted by Crippen LogP contribution is -2.26. The van der Waals surface area contributed by atoms with Gasteiger partial charge in [0.05, 0.1) is 11.6 Å². The summed E-state index contributed by atoms with van der Waals surface area (Å²) in [4.78, 5) is 0. The molecule has 1 aliphatic rings. The first kappa shape index (κ1) is 11.0. The molecule has 1 saturated carbocycles. The van der Waals surface area contributed by atoms with Gasteiger partial charge < -0.3 is 10.6 Å². The monoisotopic (exact) mass is 215 g/mol. The summed E-state index contributed by atoms with van der Waals surface area (Å²) in [6.07, 6.45) is 2.58. The summed E-state index contributed by atoms with van der Waals surface area (Å²) in [5.41, 5.74) is 2.20. The van der Waals surface area contributed by atoms with Crippen molar-refractivity contribution in [3.63, 3.8) is 0 Å². The molecular weight excluding hydrogens is 198 g/mol. The zero-order valence-corrected chi connectivity index (χ0v) is 9.59. The molecule has 16 heavy (non-hydrogen) atoms. The maximum Gasteiger partial charge on any atom is 0.0992 e. The number of hydrogen-bond acceptors (Lipinski definition) is 3. The van der Waals surface area contributed by atoms with Gasteiger partial charge in [0.2, 0.25) is 0 Å². The van der Waals surface area contributed by atoms with Crippen LogP contribution in [-0.4, -0.2) is 20.1 Å². The topological polar surface area (TPSA) is 47.8 Å². The smallest absolute Gasteiger partial charge is 0.0992 e. The third-order valence-corrected chi connectivity index (χ3v) is 3.17. The van der Waals surface area contributed by atoms with Crippen LogP contribution in [0.1, 0.15) is 18.4 Å². The van der Waals surface area contributed by atoms with Crippen LogP contribution in [0.3, 0.4) is 0 Å². The Morgan fingerprint density at radius 3 is 2.81 bits per heavy atom. The van der Waals surface area contributed by atoms with Gasteiger partial charge in [-0.2, -0.15) is 5.26 Å². The van der Waals surface area contributed by atoms with Gasteiger partial charge in [0.25, 0.3) is 0 Å². The Labute approximate surface area is 96.5 Å². The first-order chi connectivity index (χ1) is 7.78. The summed E-state index contributed by atoms with van der Waals surface area (Å²) >= 11 is 0. The highest BCUT2D eigenvalue weighted by Crippen LogP contribution is 2.44. The summed E-state index contributed by atoms with van der Waals surface area (Å²) in [6.45, 7) is 2.06. The second-order valence-corrected chi connectivity index (χ2v) is 4.58. The van der Waals surface area contributed by atoms with E-state index in [1.54, 1.807) is 0 Å². The number of hydrogen-bond donors (Lipinski definition) is 2. The van der Waals surface area contributed by atoms with Crippen molar-refractivity contribution in [1.82, 2.24) is 5.32 Å². The Kier molecular flexibility index (Phi) is 3.12. The maximum atomic E-state index is 8.80. The summed E-state index contributed by atoms with van der Waals surface area (Å²) in [5, 5.41) is 15.5. The summed E-state index contributed by atoms with van der Waals surface area (Å²) in [7, 11) is 2.00. The number of rotatable bonds is 5. The molecule has 3 heteroatoms. The standard InChI is InChI=1S/C13H17N3/c1-15-9-13(5-6-13)10-16-12-4-2-3-11(7-12)8-14/h2-4,7,15-16H,5-6,9-10H2,1H3. The van der Waals surface area contributed by atoms with Crippen molar-refractivity contribution in [3.8, 4) is 6.07 Å². The number of benzene rings is 1. The lowest BCUT2D eigenvalue weighted by molar-refractivity contribution is 0.507. The van der Waals surface area contributed by atoms with E-state index >= 15 is 0 Å². The van der Waals surface area contributed by atoms with Gasteiger partial charge in [0.15, 0.2) is 0 Å². The minimum atomic E-state index is 0.442. The first-order valence-corrected chi connectivity index (χ1v) is 5.67. The number of anilines is 1. The molecule has 84 valence electrons. The Bertz CT molecular complexity index is 402. The highest BCUT2D eigenvalue weighted by Gasteiger charge is 2.41. The fraction of sp³-hybridized carbons (Fsp3) is 0.462. The average molecular weight is 215 g/mol. The van der Waals surface area contributed by atoms with Crippen LogP contribution in [0.25, 0.3) is 0 Å². The lowest BCUT2D eigenvalue weighted by Gasteiger charge is -2.16. The summed E-state index contributed by atoms with van der Waals surface area (Å²) < 4.78 is 0. The Morgan fingerprint density at radius 2 is 2.19 bits per heavy atom. The van der Waals surface area contributed by atoms with E-state index in [9.17, 15) is 0 Å². The van der Waals surface area contributed by atoms with E-state index in [1.165, 1.54) is 12.8 Å². The molecule has 1 fully saturated rings. The van der Waals surface area contributed by atoms with Gasteiger partial charge in [-0.1, -0.05) is 6.07 Å². The van der Waals surface area contributed by atoms with E-state index in [4.69, 9.17) is 5.26 Å². The third-order valence-electron chi connectivity index (χ3n) is 3.17. The molecule has 0 unspecified atom stereocenters. The maximum absolute atomic E-state index is 8.80. The normalized spacial score (nSPS) is 16.5. The van der Waals surface area contributed by atoms with Crippen molar-refractivity contribution in [3.05, 3.63) is 29.8 Å². The lowest BCUT2D eigenvalue weighted by atomic mass is 10.1. The molecule has 2 N–H and O–H groups in total. The average Bonchev–Trinajstić information content (AvgIpc) is 3.08. The second-order valence-electron chi connectivity index (χ2n) is 4.58. The molecule has 0 aromatic heterocycles. The largest absolute Gasteiger partial charge is 0.384 e. The molecular formula is C13H17N3. The van der Waals surface area contributed by atoms with Crippen molar-refractivity contribution in [2.24, 2.45) is 5.41 Å². The second kappa shape index (κ2) is 4.54. The van der Waals surface area contributed by atoms with Crippen LogP contribution < -0.4 is 10.6 Å². The van der Waals surface area contributed by atoms with E-state index in [1.807, 2.05) is 31.3 Å². The molecule has 0 saturated heterocycles. The SMILES string of the molecule is CNCC1(CNc2cccc(C#N)c2)CC1. The molecule has 0 spiro atoms. The quantitative estimate of drug-likeness (QED) is 0.789. The Hall–Kier alpha value is -1.53. The van der Waals surface area contributed by atoms with Gasteiger partial charge in [0, 0.05) is 24.2 Å². The van der Waals surface area contributed by atoms with E-state index in [-0.39, 0.29) is 0 Å². The molecule has 2 rings (SSSR count). The minimum absolute atomic E-state index is 0.442. The van der Waals surface area contributed by atoms with E-state index in [0.717, 1.165) is 18.8 Å². The molecule has 3 nitrogen and oxygen atoms in total. The molecule has 0 heterocycles. The van der Waals surface area contributed by atoms with Crippen molar-refractivity contribution in [1.29, 1.82) is 5.26 Å². The van der Waals surface area contributed by atoms with Crippen LogP contribution in [0.2, 0.25) is 0 Å². The third kappa shape index (κ3) is 2.53. The first-order valence-electron chi connectivity index (χ1n) is 5.67. The van der Waals surface area contributed by atoms with Crippen molar-refractivity contribution < 1.29 is 0 Å². The number of nitrogens with one attached hydrogen (secondary N) is 2. The van der Waals surface area contributed by atoms with Gasteiger partial charge in [-0.3, -0.25) is 0 Å². The van der Waals surface area contributed by atoms with Crippen LogP contribution in [0.15, 0.2) is 24.3 Å². The zero-order chi connectivity index (χ0) is 11.4. The summed E-state index contributed by atoms with van der Waals surface area (Å²) in [6, 6.07) is 9.80. The van der Waals surface area contributed by atoms with Gasteiger partial charge in [0.1, 0.15) is 0 Å². The van der Waals surface area contributed by atoms with Crippen LogP contribution in [0.4, 0.5) is 5.69 Å². The van der Waals surface area contributed by atoms with Crippen LogP contribution in [0.5, 0.6) is 0 Å². The predicted octanol–water partition coefficient (Wildman–Crippen LogP) is 1.97. The van der Waals surface area contributed by atoms with Gasteiger partial charge in [-0.15, -0.1) is 0 Å². The predicted molar refractivity (Wildman–Crippen MR) is 65.2 cm³/mol. The minimum Gasteiger partial charge on any atom is -0.384 e. The molecule has 1 aromatic rings. The molecule has 1 aliphatic carbocycles. The van der Waals surface area contributed by atoms with E-state index in [0.29, 0.717) is 11.0 Å². The molecule has 0 amide bonds. The van der Waals surface area contributed by atoms with Gasteiger partial charge >= 0.3 is 0 Å². The fourth-order valence-electron chi connectivity index (χ4n) is 1.96. The highest BCUT2D eigenvalue weighted by atomic mass is 14.9. The molecule has 0 bridgehead atoms. The Balaban J connectivity index is 1.92. The number of nitriles is 1. The molecule has 0 atom stereocenters.